The van der Waals surface area contributed by atoms with E-state index in [2.05, 4.69) is 12.1 Å². The fourth-order valence-electron chi connectivity index (χ4n) is 7.21. The summed E-state index contributed by atoms with van der Waals surface area (Å²) in [4.78, 5) is 0. The molecule has 0 saturated carbocycles. The molecule has 2 atom stereocenters. The van der Waals surface area contributed by atoms with E-state index in [0.29, 0.717) is 55.7 Å². The van der Waals surface area contributed by atoms with Crippen molar-refractivity contribution in [2.75, 3.05) is 0 Å². The first kappa shape index (κ1) is 30.3. The van der Waals surface area contributed by atoms with Crippen LogP contribution in [0.1, 0.15) is 45.9 Å². The number of halogens is 2. The summed E-state index contributed by atoms with van der Waals surface area (Å²) in [6, 6.07) is 29.7. The maximum Gasteiger partial charge on any atom is 0.140 e. The van der Waals surface area contributed by atoms with Crippen LogP contribution in [0, 0.1) is 85.5 Å². The zero-order valence-corrected chi connectivity index (χ0v) is 25.6. The summed E-state index contributed by atoms with van der Waals surface area (Å²) in [6.07, 6.45) is 5.76. The molecule has 0 spiro atoms. The Bertz CT molecular complexity index is 2580. The first-order valence-corrected chi connectivity index (χ1v) is 14.9. The summed E-state index contributed by atoms with van der Waals surface area (Å²) in [5.41, 5.74) is 6.46. The predicted molar refractivity (Wildman–Crippen MR) is 176 cm³/mol. The van der Waals surface area contributed by atoms with E-state index in [9.17, 15) is 40.4 Å². The van der Waals surface area contributed by atoms with Crippen LogP contribution in [-0.2, 0) is 5.41 Å². The van der Waals surface area contributed by atoms with Crippen LogP contribution in [0.4, 0.5) is 8.78 Å². The van der Waals surface area contributed by atoms with Crippen molar-refractivity contribution < 1.29 is 8.78 Å². The molecule has 4 aromatic carbocycles. The molecule has 0 bridgehead atoms. The lowest BCUT2D eigenvalue weighted by atomic mass is 9.70. The summed E-state index contributed by atoms with van der Waals surface area (Å²) in [5.74, 6) is -1.76. The number of hydrogen-bond acceptors (Lipinski definition) is 6. The SMILES string of the molecule is CC12C=CC(c3ccc(F)c(C#N)c3)=CC1C(=C(C#N)C#N)c1cc3c(cc12)C(=C(C#N)C#N)c1cc(-c2ccc(F)c(C#N)c2)ccc1-3. The van der Waals surface area contributed by atoms with Crippen molar-refractivity contribution in [3.05, 3.63) is 147 Å². The molecule has 0 aliphatic heterocycles. The van der Waals surface area contributed by atoms with Crippen LogP contribution in [0.15, 0.2) is 96.1 Å². The maximum absolute atomic E-state index is 14.2. The highest BCUT2D eigenvalue weighted by Gasteiger charge is 2.48. The Kier molecular flexibility index (Phi) is 6.90. The minimum absolute atomic E-state index is 0.0682. The minimum Gasteiger partial charge on any atom is -0.206 e. The summed E-state index contributed by atoms with van der Waals surface area (Å²) in [6.45, 7) is 1.98. The average Bonchev–Trinajstić information content (AvgIpc) is 3.57. The molecular formula is C41H18F2N6. The van der Waals surface area contributed by atoms with Crippen LogP contribution in [-0.4, -0.2) is 0 Å². The van der Waals surface area contributed by atoms with Gasteiger partial charge in [-0.3, -0.25) is 0 Å². The number of benzene rings is 4. The van der Waals surface area contributed by atoms with Gasteiger partial charge in [0.05, 0.1) is 11.1 Å². The van der Waals surface area contributed by atoms with Gasteiger partial charge < -0.3 is 0 Å². The fraction of sp³-hybridized carbons (Fsp3) is 0.0732. The third-order valence-electron chi connectivity index (χ3n) is 9.60. The lowest BCUT2D eigenvalue weighted by molar-refractivity contribution is 0.536. The molecule has 0 saturated heterocycles. The fourth-order valence-corrected chi connectivity index (χ4v) is 7.21. The van der Waals surface area contributed by atoms with Crippen molar-refractivity contribution in [3.63, 3.8) is 0 Å². The molecule has 0 aromatic heterocycles. The molecule has 4 aromatic rings. The number of fused-ring (bicyclic) bond motifs is 6. The number of nitrogens with zero attached hydrogens (tertiary/aromatic N) is 6. The van der Waals surface area contributed by atoms with E-state index in [1.807, 2.05) is 79.8 Å². The molecule has 0 radical (unpaired) electrons. The molecule has 2 unspecified atom stereocenters. The van der Waals surface area contributed by atoms with Gasteiger partial charge in [0, 0.05) is 16.9 Å². The van der Waals surface area contributed by atoms with Gasteiger partial charge in [0.25, 0.3) is 0 Å². The predicted octanol–water partition coefficient (Wildman–Crippen LogP) is 8.55. The van der Waals surface area contributed by atoms with Gasteiger partial charge in [0.15, 0.2) is 0 Å². The molecule has 3 aliphatic rings. The topological polar surface area (TPSA) is 143 Å². The van der Waals surface area contributed by atoms with E-state index in [0.717, 1.165) is 11.1 Å². The minimum atomic E-state index is -0.757. The molecule has 8 heteroatoms. The summed E-state index contributed by atoms with van der Waals surface area (Å²) < 4.78 is 28.3. The Hall–Kier alpha value is -7.36. The van der Waals surface area contributed by atoms with Crippen LogP contribution in [0.2, 0.25) is 0 Å². The molecule has 3 aliphatic carbocycles. The molecule has 6 nitrogen and oxygen atoms in total. The van der Waals surface area contributed by atoms with E-state index in [-0.39, 0.29) is 22.3 Å². The highest BCUT2D eigenvalue weighted by molar-refractivity contribution is 6.07. The number of nitriles is 6. The van der Waals surface area contributed by atoms with Gasteiger partial charge in [0.2, 0.25) is 0 Å². The molecule has 0 amide bonds. The average molecular weight is 633 g/mol. The molecular weight excluding hydrogens is 614 g/mol. The van der Waals surface area contributed by atoms with Crippen molar-refractivity contribution >= 4 is 16.7 Å². The number of rotatable bonds is 2. The second kappa shape index (κ2) is 11.2. The molecule has 226 valence electrons. The van der Waals surface area contributed by atoms with Crippen molar-refractivity contribution in [3.8, 4) is 58.7 Å². The van der Waals surface area contributed by atoms with E-state index in [4.69, 9.17) is 0 Å². The van der Waals surface area contributed by atoms with E-state index in [1.165, 1.54) is 24.3 Å². The van der Waals surface area contributed by atoms with E-state index < -0.39 is 23.0 Å². The standard InChI is InChI=1S/C41H18F2N6/c1-41-9-8-25(23-4-7-38(43)27(11-23)17-45)13-36(41)40(29(20-48)21-49)34-14-31-30-5-2-24(22-3-6-37(42)26(10-22)16-44)12-32(30)39(28(18-46)19-47)33(31)15-35(34)41/h2-15,36H,1H3. The Labute approximate surface area is 280 Å². The van der Waals surface area contributed by atoms with Crippen LogP contribution in [0.25, 0.3) is 39.0 Å². The second-order valence-electron chi connectivity index (χ2n) is 12.0. The lowest BCUT2D eigenvalue weighted by Crippen LogP contribution is -2.26. The number of allylic oxidation sites excluding steroid dienone is 7. The molecule has 7 rings (SSSR count). The van der Waals surface area contributed by atoms with Crippen molar-refractivity contribution in [1.82, 2.24) is 0 Å². The first-order valence-electron chi connectivity index (χ1n) is 14.9. The largest absolute Gasteiger partial charge is 0.206 e. The summed E-state index contributed by atoms with van der Waals surface area (Å²) >= 11 is 0. The zero-order valence-electron chi connectivity index (χ0n) is 25.6. The maximum atomic E-state index is 14.2. The molecule has 0 N–H and O–H groups in total. The third kappa shape index (κ3) is 4.38. The van der Waals surface area contributed by atoms with Crippen molar-refractivity contribution in [1.29, 1.82) is 31.6 Å². The Morgan fingerprint density at radius 2 is 1.18 bits per heavy atom. The van der Waals surface area contributed by atoms with Gasteiger partial charge in [-0.25, -0.2) is 8.78 Å². The van der Waals surface area contributed by atoms with E-state index >= 15 is 0 Å². The van der Waals surface area contributed by atoms with Crippen molar-refractivity contribution in [2.45, 2.75) is 12.3 Å². The Morgan fingerprint density at radius 1 is 0.612 bits per heavy atom. The zero-order chi connectivity index (χ0) is 34.6. The lowest BCUT2D eigenvalue weighted by Gasteiger charge is -2.32. The van der Waals surface area contributed by atoms with Gasteiger partial charge in [0.1, 0.15) is 59.2 Å². The van der Waals surface area contributed by atoms with Crippen molar-refractivity contribution in [2.24, 2.45) is 5.92 Å². The Balaban J connectivity index is 1.46. The molecule has 0 heterocycles. The van der Waals surface area contributed by atoms with Gasteiger partial charge in [-0.15, -0.1) is 0 Å². The van der Waals surface area contributed by atoms with Gasteiger partial charge in [-0.05, 0) is 104 Å². The van der Waals surface area contributed by atoms with E-state index in [1.54, 1.807) is 12.1 Å². The second-order valence-corrected chi connectivity index (χ2v) is 12.0. The van der Waals surface area contributed by atoms with Crippen LogP contribution < -0.4 is 0 Å². The summed E-state index contributed by atoms with van der Waals surface area (Å²) in [7, 11) is 0. The van der Waals surface area contributed by atoms with Gasteiger partial charge in [-0.2, -0.15) is 31.6 Å². The Morgan fingerprint density at radius 3 is 1.82 bits per heavy atom. The van der Waals surface area contributed by atoms with Crippen LogP contribution in [0.5, 0.6) is 0 Å². The molecule has 0 fully saturated rings. The number of hydrogen-bond donors (Lipinski definition) is 0. The van der Waals surface area contributed by atoms with Crippen LogP contribution in [0.3, 0.4) is 0 Å². The smallest absolute Gasteiger partial charge is 0.140 e. The molecule has 49 heavy (non-hydrogen) atoms. The third-order valence-corrected chi connectivity index (χ3v) is 9.60. The highest BCUT2D eigenvalue weighted by atomic mass is 19.1. The monoisotopic (exact) mass is 632 g/mol. The quantitative estimate of drug-likeness (QED) is 0.178. The highest BCUT2D eigenvalue weighted by Crippen LogP contribution is 2.59. The van der Waals surface area contributed by atoms with Gasteiger partial charge >= 0.3 is 0 Å². The van der Waals surface area contributed by atoms with Crippen LogP contribution >= 0.6 is 0 Å². The first-order chi connectivity index (χ1) is 23.7. The summed E-state index contributed by atoms with van der Waals surface area (Å²) in [5, 5.41) is 59.2. The normalized spacial score (nSPS) is 17.4. The van der Waals surface area contributed by atoms with Gasteiger partial charge in [-0.1, -0.05) is 49.4 Å².